The second-order valence-electron chi connectivity index (χ2n) is 0.748. The van der Waals surface area contributed by atoms with Crippen LogP contribution in [0.25, 0.3) is 10.4 Å². The van der Waals surface area contributed by atoms with E-state index in [2.05, 4.69) is 16.6 Å². The van der Waals surface area contributed by atoms with Crippen LogP contribution in [0.15, 0.2) is 17.4 Å². The number of hydrogen-bond acceptors (Lipinski definition) is 2. The zero-order valence-electron chi connectivity index (χ0n) is 3.50. The molecule has 0 aliphatic heterocycles. The van der Waals surface area contributed by atoms with Crippen molar-refractivity contribution >= 4 is 0 Å². The maximum absolute atomic E-state index is 7.85. The van der Waals surface area contributed by atoms with Crippen LogP contribution in [0, 0.1) is 11.3 Å². The van der Waals surface area contributed by atoms with Gasteiger partial charge in [-0.2, -0.15) is 5.26 Å². The topological polar surface area (TPSA) is 72.5 Å². The molecular weight excluding hydrogens is 92.1 g/mol. The standard InChI is InChI=1S/C3H2N4/c1-3(2-4)6-7-5/h1H2. The monoisotopic (exact) mass is 94.0 g/mol. The Labute approximate surface area is 40.3 Å². The average Bonchev–Trinajstić information content (AvgIpc) is 1.68. The van der Waals surface area contributed by atoms with Gasteiger partial charge in [-0.25, -0.2) is 0 Å². The van der Waals surface area contributed by atoms with Gasteiger partial charge in [0.1, 0.15) is 11.8 Å². The number of nitriles is 1. The van der Waals surface area contributed by atoms with Gasteiger partial charge in [0.25, 0.3) is 0 Å². The van der Waals surface area contributed by atoms with Crippen molar-refractivity contribution in [1.82, 2.24) is 0 Å². The van der Waals surface area contributed by atoms with Crippen LogP contribution in [-0.2, 0) is 0 Å². The van der Waals surface area contributed by atoms with Gasteiger partial charge in [-0.1, -0.05) is 11.7 Å². The predicted molar refractivity (Wildman–Crippen MR) is 23.9 cm³/mol. The van der Waals surface area contributed by atoms with Crippen molar-refractivity contribution in [2.75, 3.05) is 0 Å². The molecule has 0 saturated heterocycles. The van der Waals surface area contributed by atoms with Crippen LogP contribution in [0.5, 0.6) is 0 Å². The third kappa shape index (κ3) is 2.34. The third-order valence-corrected chi connectivity index (χ3v) is 0.294. The van der Waals surface area contributed by atoms with Crippen LogP contribution in [-0.4, -0.2) is 0 Å². The van der Waals surface area contributed by atoms with Crippen LogP contribution in [0.4, 0.5) is 0 Å². The van der Waals surface area contributed by atoms with Gasteiger partial charge in [0.05, 0.1) is 0 Å². The summed E-state index contributed by atoms with van der Waals surface area (Å²) < 4.78 is 0. The Morgan fingerprint density at radius 3 is 2.71 bits per heavy atom. The van der Waals surface area contributed by atoms with E-state index in [1.807, 2.05) is 0 Å². The molecule has 0 radical (unpaired) electrons. The molecule has 0 N–H and O–H groups in total. The minimum Gasteiger partial charge on any atom is -0.193 e. The number of rotatable bonds is 1. The quantitative estimate of drug-likeness (QED) is 0.209. The van der Waals surface area contributed by atoms with Crippen molar-refractivity contribution in [3.8, 4) is 6.07 Å². The number of allylic oxidation sites excluding steroid dienone is 1. The van der Waals surface area contributed by atoms with E-state index in [-0.39, 0.29) is 5.70 Å². The van der Waals surface area contributed by atoms with Gasteiger partial charge in [-0.05, 0) is 5.53 Å². The Kier molecular flexibility index (Phi) is 2.18. The Hall–Kier alpha value is -1.46. The molecule has 34 valence electrons. The predicted octanol–water partition coefficient (Wildman–Crippen LogP) is 1.33. The first-order valence-electron chi connectivity index (χ1n) is 1.45. The Morgan fingerprint density at radius 1 is 2.00 bits per heavy atom. The summed E-state index contributed by atoms with van der Waals surface area (Å²) in [6.07, 6.45) is 0. The van der Waals surface area contributed by atoms with Crippen LogP contribution in [0.1, 0.15) is 0 Å². The van der Waals surface area contributed by atoms with Gasteiger partial charge in [-0.15, -0.1) is 0 Å². The third-order valence-electron chi connectivity index (χ3n) is 0.294. The van der Waals surface area contributed by atoms with Crippen LogP contribution < -0.4 is 0 Å². The average molecular weight is 94.1 g/mol. The molecule has 7 heavy (non-hydrogen) atoms. The highest BCUT2D eigenvalue weighted by Gasteiger charge is 1.75. The number of hydrogen-bond donors (Lipinski definition) is 0. The first kappa shape index (κ1) is 5.54. The maximum atomic E-state index is 7.85. The fraction of sp³-hybridized carbons (Fsp3) is 0. The molecule has 0 aromatic rings. The smallest absolute Gasteiger partial charge is 0.108 e. The number of azide groups is 1. The van der Waals surface area contributed by atoms with Crippen molar-refractivity contribution < 1.29 is 0 Å². The molecule has 0 bridgehead atoms. The molecule has 0 heterocycles. The van der Waals surface area contributed by atoms with E-state index >= 15 is 0 Å². The summed E-state index contributed by atoms with van der Waals surface area (Å²) in [6, 6.07) is 1.55. The van der Waals surface area contributed by atoms with Crippen LogP contribution >= 0.6 is 0 Å². The second-order valence-corrected chi connectivity index (χ2v) is 0.748. The largest absolute Gasteiger partial charge is 0.193 e. The zero-order valence-corrected chi connectivity index (χ0v) is 3.50. The highest BCUT2D eigenvalue weighted by molar-refractivity contribution is 5.13. The van der Waals surface area contributed by atoms with Gasteiger partial charge in [0.2, 0.25) is 0 Å². The molecule has 0 saturated carbocycles. The highest BCUT2D eigenvalue weighted by Crippen LogP contribution is 1.85. The molecule has 4 nitrogen and oxygen atoms in total. The van der Waals surface area contributed by atoms with Crippen molar-refractivity contribution in [2.24, 2.45) is 5.11 Å². The van der Waals surface area contributed by atoms with E-state index in [1.54, 1.807) is 6.07 Å². The molecule has 0 rings (SSSR count). The lowest BCUT2D eigenvalue weighted by Crippen LogP contribution is -1.57. The van der Waals surface area contributed by atoms with Gasteiger partial charge in [0.15, 0.2) is 0 Å². The Balaban J connectivity index is 3.91. The van der Waals surface area contributed by atoms with E-state index in [4.69, 9.17) is 10.8 Å². The fourth-order valence-electron chi connectivity index (χ4n) is 0.0763. The molecule has 0 unspecified atom stereocenters. The summed E-state index contributed by atoms with van der Waals surface area (Å²) in [5.41, 5.74) is 7.51. The number of nitrogens with zero attached hydrogens (tertiary/aromatic N) is 4. The van der Waals surface area contributed by atoms with Crippen molar-refractivity contribution in [3.05, 3.63) is 22.7 Å². The molecule has 0 aliphatic rings. The van der Waals surface area contributed by atoms with Crippen molar-refractivity contribution in [1.29, 1.82) is 5.26 Å². The molecule has 0 fully saturated rings. The van der Waals surface area contributed by atoms with E-state index in [9.17, 15) is 0 Å². The molecule has 0 aliphatic carbocycles. The molecule has 0 spiro atoms. The van der Waals surface area contributed by atoms with Crippen molar-refractivity contribution in [3.63, 3.8) is 0 Å². The highest BCUT2D eigenvalue weighted by atomic mass is 15.1. The van der Waals surface area contributed by atoms with E-state index in [1.165, 1.54) is 0 Å². The van der Waals surface area contributed by atoms with Gasteiger partial charge >= 0.3 is 0 Å². The normalized spacial score (nSPS) is 5.57. The Morgan fingerprint density at radius 2 is 2.57 bits per heavy atom. The lowest BCUT2D eigenvalue weighted by Gasteiger charge is -1.66. The molecule has 0 aromatic heterocycles. The summed E-state index contributed by atoms with van der Waals surface area (Å²) in [6.45, 7) is 3.08. The summed E-state index contributed by atoms with van der Waals surface area (Å²) in [5.74, 6) is 0. The fourth-order valence-corrected chi connectivity index (χ4v) is 0.0763. The first-order valence-corrected chi connectivity index (χ1v) is 1.45. The van der Waals surface area contributed by atoms with E-state index < -0.39 is 0 Å². The Bertz CT molecular complexity index is 156. The van der Waals surface area contributed by atoms with Gasteiger partial charge in [0, 0.05) is 4.91 Å². The minimum absolute atomic E-state index is 0.109. The van der Waals surface area contributed by atoms with Crippen LogP contribution in [0.3, 0.4) is 0 Å². The zero-order chi connectivity index (χ0) is 5.70. The lowest BCUT2D eigenvalue weighted by molar-refractivity contribution is 1.37. The van der Waals surface area contributed by atoms with Gasteiger partial charge in [-0.3, -0.25) is 0 Å². The van der Waals surface area contributed by atoms with E-state index in [0.29, 0.717) is 0 Å². The minimum atomic E-state index is -0.109. The van der Waals surface area contributed by atoms with E-state index in [0.717, 1.165) is 0 Å². The summed E-state index contributed by atoms with van der Waals surface area (Å²) in [5, 5.41) is 10.7. The van der Waals surface area contributed by atoms with Gasteiger partial charge < -0.3 is 0 Å². The maximum Gasteiger partial charge on any atom is 0.108 e. The molecule has 0 atom stereocenters. The molecular formula is C3H2N4. The van der Waals surface area contributed by atoms with Crippen LogP contribution in [0.2, 0.25) is 0 Å². The molecule has 4 heteroatoms. The summed E-state index contributed by atoms with van der Waals surface area (Å²) in [7, 11) is 0. The molecule has 0 amide bonds. The summed E-state index contributed by atoms with van der Waals surface area (Å²) >= 11 is 0. The first-order chi connectivity index (χ1) is 3.31. The summed E-state index contributed by atoms with van der Waals surface area (Å²) in [4.78, 5) is 2.31. The SMILES string of the molecule is C=C(C#N)N=[N+]=[N-]. The second kappa shape index (κ2) is 2.76. The molecule has 0 aromatic carbocycles. The van der Waals surface area contributed by atoms with Crippen molar-refractivity contribution in [2.45, 2.75) is 0 Å². The lowest BCUT2D eigenvalue weighted by atomic mass is 10.6.